The molecule has 1 aromatic carbocycles. The van der Waals surface area contributed by atoms with Crippen LogP contribution in [0.5, 0.6) is 0 Å². The first-order chi connectivity index (χ1) is 9.82. The fraction of sp³-hybridized carbons (Fsp3) is 0.231. The molecule has 1 rings (SSSR count). The summed E-state index contributed by atoms with van der Waals surface area (Å²) in [4.78, 5) is 22.9. The van der Waals surface area contributed by atoms with E-state index in [9.17, 15) is 22.4 Å². The number of carbonyl (C=O) groups excluding carboxylic acids is 2. The van der Waals surface area contributed by atoms with Gasteiger partial charge in [-0.3, -0.25) is 9.59 Å². The number of carbonyl (C=O) groups is 2. The molecular formula is C13H15FN2O4S. The number of halogens is 1. The fourth-order valence-electron chi connectivity index (χ4n) is 1.42. The van der Waals surface area contributed by atoms with Crippen LogP contribution in [0, 0.1) is 5.82 Å². The molecule has 21 heavy (non-hydrogen) atoms. The van der Waals surface area contributed by atoms with Crippen LogP contribution in [0.1, 0.15) is 0 Å². The van der Waals surface area contributed by atoms with Crippen molar-refractivity contribution in [3.8, 4) is 0 Å². The highest BCUT2D eigenvalue weighted by molar-refractivity contribution is 7.92. The number of rotatable bonds is 7. The van der Waals surface area contributed by atoms with Crippen molar-refractivity contribution in [2.75, 3.05) is 23.4 Å². The largest absolute Gasteiger partial charge is 0.352 e. The van der Waals surface area contributed by atoms with Crippen molar-refractivity contribution in [2.45, 2.75) is 0 Å². The van der Waals surface area contributed by atoms with E-state index in [2.05, 4.69) is 17.2 Å². The third-order valence-corrected chi connectivity index (χ3v) is 3.68. The Kier molecular flexibility index (Phi) is 6.04. The smallest absolute Gasteiger partial charge is 0.239 e. The van der Waals surface area contributed by atoms with Gasteiger partial charge in [-0.15, -0.1) is 6.58 Å². The lowest BCUT2D eigenvalue weighted by Crippen LogP contribution is -2.34. The summed E-state index contributed by atoms with van der Waals surface area (Å²) in [5.41, 5.74) is 0.271. The molecule has 0 fully saturated rings. The van der Waals surface area contributed by atoms with Gasteiger partial charge < -0.3 is 10.6 Å². The van der Waals surface area contributed by atoms with E-state index < -0.39 is 39.0 Å². The van der Waals surface area contributed by atoms with Gasteiger partial charge in [0.2, 0.25) is 11.8 Å². The molecule has 0 spiro atoms. The molecular weight excluding hydrogens is 299 g/mol. The normalized spacial score (nSPS) is 10.7. The monoisotopic (exact) mass is 314 g/mol. The van der Waals surface area contributed by atoms with Gasteiger partial charge in [-0.2, -0.15) is 0 Å². The molecule has 8 heteroatoms. The molecule has 0 aliphatic carbocycles. The molecule has 0 aliphatic rings. The summed E-state index contributed by atoms with van der Waals surface area (Å²) in [5, 5.41) is 4.62. The number of nitrogens with one attached hydrogen (secondary N) is 2. The number of hydrogen-bond donors (Lipinski definition) is 2. The molecule has 0 atom stereocenters. The SMILES string of the molecule is C=CCNC(=O)CS(=O)(=O)CC(=O)Nc1ccc(F)cc1. The van der Waals surface area contributed by atoms with Crippen LogP contribution in [0.4, 0.5) is 10.1 Å². The van der Waals surface area contributed by atoms with E-state index in [0.29, 0.717) is 0 Å². The number of sulfone groups is 1. The maximum atomic E-state index is 12.7. The van der Waals surface area contributed by atoms with E-state index in [4.69, 9.17) is 0 Å². The molecule has 114 valence electrons. The van der Waals surface area contributed by atoms with Crippen LogP contribution in [0.15, 0.2) is 36.9 Å². The average Bonchev–Trinajstić information content (AvgIpc) is 2.37. The number of anilines is 1. The van der Waals surface area contributed by atoms with E-state index in [1.165, 1.54) is 18.2 Å². The fourth-order valence-corrected chi connectivity index (χ4v) is 2.49. The summed E-state index contributed by atoms with van der Waals surface area (Å²) < 4.78 is 36.0. The van der Waals surface area contributed by atoms with Crippen LogP contribution in [-0.4, -0.2) is 38.3 Å². The van der Waals surface area contributed by atoms with Gasteiger partial charge in [0.1, 0.15) is 17.3 Å². The predicted octanol–water partition coefficient (Wildman–Crippen LogP) is 0.481. The molecule has 0 saturated heterocycles. The van der Waals surface area contributed by atoms with Gasteiger partial charge in [0, 0.05) is 12.2 Å². The van der Waals surface area contributed by atoms with Gasteiger partial charge >= 0.3 is 0 Å². The second-order valence-electron chi connectivity index (χ2n) is 4.18. The lowest BCUT2D eigenvalue weighted by atomic mass is 10.3. The van der Waals surface area contributed by atoms with Crippen molar-refractivity contribution < 1.29 is 22.4 Å². The zero-order chi connectivity index (χ0) is 15.9. The Hall–Kier alpha value is -2.22. The molecule has 0 unspecified atom stereocenters. The first-order valence-corrected chi connectivity index (χ1v) is 7.78. The Labute approximate surface area is 122 Å². The van der Waals surface area contributed by atoms with Crippen LogP contribution in [0.2, 0.25) is 0 Å². The molecule has 0 saturated carbocycles. The van der Waals surface area contributed by atoms with Crippen molar-refractivity contribution in [3.05, 3.63) is 42.7 Å². The van der Waals surface area contributed by atoms with E-state index >= 15 is 0 Å². The molecule has 2 N–H and O–H groups in total. The Morgan fingerprint density at radius 2 is 1.71 bits per heavy atom. The molecule has 6 nitrogen and oxygen atoms in total. The van der Waals surface area contributed by atoms with Crippen LogP contribution in [0.25, 0.3) is 0 Å². The summed E-state index contributed by atoms with van der Waals surface area (Å²) in [6, 6.07) is 4.87. The van der Waals surface area contributed by atoms with Crippen LogP contribution < -0.4 is 10.6 Å². The van der Waals surface area contributed by atoms with Crippen molar-refractivity contribution in [1.29, 1.82) is 0 Å². The molecule has 0 aromatic heterocycles. The number of hydrogen-bond acceptors (Lipinski definition) is 4. The topological polar surface area (TPSA) is 92.3 Å². The molecule has 2 amide bonds. The average molecular weight is 314 g/mol. The van der Waals surface area contributed by atoms with E-state index in [-0.39, 0.29) is 12.2 Å². The molecule has 0 radical (unpaired) electrons. The predicted molar refractivity (Wildman–Crippen MR) is 76.9 cm³/mol. The van der Waals surface area contributed by atoms with Gasteiger partial charge in [0.05, 0.1) is 0 Å². The van der Waals surface area contributed by atoms with E-state index in [1.807, 2.05) is 0 Å². The number of benzene rings is 1. The molecule has 0 bridgehead atoms. The summed E-state index contributed by atoms with van der Waals surface area (Å²) in [6.45, 7) is 3.52. The standard InChI is InChI=1S/C13H15FN2O4S/c1-2-7-15-12(17)8-21(19,20)9-13(18)16-11-5-3-10(14)4-6-11/h2-6H,1,7-9H2,(H,15,17)(H,16,18). The molecule has 1 aromatic rings. The summed E-state index contributed by atoms with van der Waals surface area (Å²) in [7, 11) is -3.87. The summed E-state index contributed by atoms with van der Waals surface area (Å²) >= 11 is 0. The van der Waals surface area contributed by atoms with Crippen molar-refractivity contribution >= 4 is 27.3 Å². The molecule has 0 aliphatic heterocycles. The highest BCUT2D eigenvalue weighted by Crippen LogP contribution is 2.08. The lowest BCUT2D eigenvalue weighted by Gasteiger charge is -2.06. The Balaban J connectivity index is 2.54. The van der Waals surface area contributed by atoms with Gasteiger partial charge in [-0.25, -0.2) is 12.8 Å². The number of amides is 2. The van der Waals surface area contributed by atoms with Gasteiger partial charge in [-0.05, 0) is 24.3 Å². The highest BCUT2D eigenvalue weighted by atomic mass is 32.2. The first kappa shape index (κ1) is 16.8. The maximum absolute atomic E-state index is 12.7. The van der Waals surface area contributed by atoms with Crippen molar-refractivity contribution in [1.82, 2.24) is 5.32 Å². The second kappa shape index (κ2) is 7.53. The van der Waals surface area contributed by atoms with Crippen LogP contribution >= 0.6 is 0 Å². The van der Waals surface area contributed by atoms with Crippen LogP contribution in [-0.2, 0) is 19.4 Å². The maximum Gasteiger partial charge on any atom is 0.239 e. The Morgan fingerprint density at radius 3 is 2.29 bits per heavy atom. The van der Waals surface area contributed by atoms with Crippen LogP contribution in [0.3, 0.4) is 0 Å². The third-order valence-electron chi connectivity index (χ3n) is 2.27. The van der Waals surface area contributed by atoms with Gasteiger partial charge in [-0.1, -0.05) is 6.08 Å². The lowest BCUT2D eigenvalue weighted by molar-refractivity contribution is -0.118. The Bertz CT molecular complexity index is 626. The highest BCUT2D eigenvalue weighted by Gasteiger charge is 2.20. The summed E-state index contributed by atoms with van der Waals surface area (Å²) in [6.07, 6.45) is 1.41. The summed E-state index contributed by atoms with van der Waals surface area (Å²) in [5.74, 6) is -3.58. The molecule has 0 heterocycles. The zero-order valence-corrected chi connectivity index (χ0v) is 12.0. The van der Waals surface area contributed by atoms with E-state index in [1.54, 1.807) is 0 Å². The first-order valence-electron chi connectivity index (χ1n) is 5.96. The third kappa shape index (κ3) is 6.66. The van der Waals surface area contributed by atoms with Gasteiger partial charge in [0.25, 0.3) is 0 Å². The van der Waals surface area contributed by atoms with Crippen molar-refractivity contribution in [2.24, 2.45) is 0 Å². The quantitative estimate of drug-likeness (QED) is 0.716. The van der Waals surface area contributed by atoms with E-state index in [0.717, 1.165) is 12.1 Å². The minimum atomic E-state index is -3.87. The Morgan fingerprint density at radius 1 is 1.14 bits per heavy atom. The second-order valence-corrected chi connectivity index (χ2v) is 6.24. The zero-order valence-electron chi connectivity index (χ0n) is 11.1. The minimum Gasteiger partial charge on any atom is -0.352 e. The van der Waals surface area contributed by atoms with Crippen molar-refractivity contribution in [3.63, 3.8) is 0 Å². The van der Waals surface area contributed by atoms with Gasteiger partial charge in [0.15, 0.2) is 9.84 Å². The minimum absolute atomic E-state index is 0.149.